The molecular formula is C23H22N2O. The lowest BCUT2D eigenvalue weighted by Gasteiger charge is -2.36. The van der Waals surface area contributed by atoms with E-state index in [1.54, 1.807) is 0 Å². The van der Waals surface area contributed by atoms with Gasteiger partial charge >= 0.3 is 0 Å². The third-order valence-electron chi connectivity index (χ3n) is 5.40. The largest absolute Gasteiger partial charge is 0.391 e. The first-order chi connectivity index (χ1) is 12.7. The highest BCUT2D eigenvalue weighted by Crippen LogP contribution is 2.31. The van der Waals surface area contributed by atoms with Crippen molar-refractivity contribution in [1.82, 2.24) is 4.90 Å². The summed E-state index contributed by atoms with van der Waals surface area (Å²) in [5.74, 6) is 0.169. The van der Waals surface area contributed by atoms with Gasteiger partial charge in [-0.1, -0.05) is 60.7 Å². The third kappa shape index (κ3) is 3.35. The Morgan fingerprint density at radius 2 is 1.77 bits per heavy atom. The maximum Gasteiger partial charge on any atom is 0.0995 e. The molecule has 130 valence electrons. The van der Waals surface area contributed by atoms with E-state index in [0.29, 0.717) is 13.1 Å². The molecule has 1 aliphatic rings. The Labute approximate surface area is 154 Å². The Bertz CT molecular complexity index is 960. The van der Waals surface area contributed by atoms with Crippen molar-refractivity contribution in [2.24, 2.45) is 0 Å². The van der Waals surface area contributed by atoms with Gasteiger partial charge in [0.2, 0.25) is 0 Å². The molecule has 1 saturated heterocycles. The highest BCUT2D eigenvalue weighted by Gasteiger charge is 2.29. The number of nitriles is 1. The van der Waals surface area contributed by atoms with Gasteiger partial charge in [-0.15, -0.1) is 0 Å². The highest BCUT2D eigenvalue weighted by molar-refractivity contribution is 5.83. The molecule has 3 nitrogen and oxygen atoms in total. The van der Waals surface area contributed by atoms with Gasteiger partial charge in [0.25, 0.3) is 0 Å². The maximum absolute atomic E-state index is 10.8. The van der Waals surface area contributed by atoms with E-state index >= 15 is 0 Å². The van der Waals surface area contributed by atoms with Gasteiger partial charge in [0.1, 0.15) is 0 Å². The molecule has 3 aromatic rings. The average Bonchev–Trinajstić information content (AvgIpc) is 2.68. The van der Waals surface area contributed by atoms with Crippen LogP contribution in [0.1, 0.15) is 29.0 Å². The molecule has 1 N–H and O–H groups in total. The van der Waals surface area contributed by atoms with Crippen molar-refractivity contribution in [1.29, 1.82) is 5.26 Å². The number of nitrogens with zero attached hydrogens (tertiary/aromatic N) is 2. The lowest BCUT2D eigenvalue weighted by Crippen LogP contribution is -2.42. The number of aliphatic hydroxyl groups is 1. The number of rotatable bonds is 3. The van der Waals surface area contributed by atoms with E-state index < -0.39 is 0 Å². The first-order valence-corrected chi connectivity index (χ1v) is 9.12. The first-order valence-electron chi connectivity index (χ1n) is 9.12. The van der Waals surface area contributed by atoms with Gasteiger partial charge in [0.15, 0.2) is 0 Å². The molecule has 3 aromatic carbocycles. The zero-order chi connectivity index (χ0) is 17.9. The highest BCUT2D eigenvalue weighted by atomic mass is 16.3. The van der Waals surface area contributed by atoms with Gasteiger partial charge in [-0.2, -0.15) is 5.26 Å². The molecule has 0 spiro atoms. The van der Waals surface area contributed by atoms with Gasteiger partial charge in [-0.3, -0.25) is 4.90 Å². The molecule has 1 heterocycles. The Morgan fingerprint density at radius 1 is 1.00 bits per heavy atom. The minimum Gasteiger partial charge on any atom is -0.391 e. The standard InChI is InChI=1S/C23H22N2O/c24-14-20-7-3-4-8-21(20)15-25-12-11-22(23(26)16-25)19-10-9-17-5-1-2-6-18(17)13-19/h1-10,13,22-23,26H,11-12,15-16H2/t22-,23+/m1/s1. The number of aliphatic hydroxyl groups excluding tert-OH is 1. The molecule has 0 aliphatic carbocycles. The van der Waals surface area contributed by atoms with Crippen LogP contribution in [0.3, 0.4) is 0 Å². The topological polar surface area (TPSA) is 47.3 Å². The van der Waals surface area contributed by atoms with Gasteiger partial charge < -0.3 is 5.11 Å². The van der Waals surface area contributed by atoms with Gasteiger partial charge in [-0.25, -0.2) is 0 Å². The average molecular weight is 342 g/mol. The van der Waals surface area contributed by atoms with Crippen molar-refractivity contribution in [3.8, 4) is 6.07 Å². The number of fused-ring (bicyclic) bond motifs is 1. The van der Waals surface area contributed by atoms with E-state index in [2.05, 4.69) is 53.4 Å². The predicted molar refractivity (Wildman–Crippen MR) is 104 cm³/mol. The zero-order valence-electron chi connectivity index (χ0n) is 14.7. The monoisotopic (exact) mass is 342 g/mol. The summed E-state index contributed by atoms with van der Waals surface area (Å²) in [5, 5.41) is 22.5. The third-order valence-corrected chi connectivity index (χ3v) is 5.40. The van der Waals surface area contributed by atoms with Gasteiger partial charge in [-0.05, 0) is 40.9 Å². The number of hydrogen-bond acceptors (Lipinski definition) is 3. The van der Waals surface area contributed by atoms with E-state index in [0.717, 1.165) is 24.1 Å². The molecule has 0 amide bonds. The molecule has 2 atom stereocenters. The van der Waals surface area contributed by atoms with Crippen LogP contribution in [-0.4, -0.2) is 29.2 Å². The van der Waals surface area contributed by atoms with Crippen LogP contribution in [0.2, 0.25) is 0 Å². The van der Waals surface area contributed by atoms with E-state index in [4.69, 9.17) is 0 Å². The second-order valence-electron chi connectivity index (χ2n) is 7.07. The van der Waals surface area contributed by atoms with Crippen LogP contribution < -0.4 is 0 Å². The summed E-state index contributed by atoms with van der Waals surface area (Å²) in [7, 11) is 0. The van der Waals surface area contributed by atoms with E-state index in [-0.39, 0.29) is 12.0 Å². The zero-order valence-corrected chi connectivity index (χ0v) is 14.7. The molecule has 0 aromatic heterocycles. The molecule has 1 aliphatic heterocycles. The molecule has 3 heteroatoms. The molecule has 0 radical (unpaired) electrons. The molecule has 0 unspecified atom stereocenters. The predicted octanol–water partition coefficient (Wildman–Crippen LogP) is 4.06. The number of β-amino-alcohol motifs (C(OH)–C–C–N with tert-alkyl or cyclic N) is 1. The minimum absolute atomic E-state index is 0.169. The van der Waals surface area contributed by atoms with Crippen LogP contribution >= 0.6 is 0 Å². The van der Waals surface area contributed by atoms with Crippen LogP contribution in [0.5, 0.6) is 0 Å². The second kappa shape index (κ2) is 7.29. The summed E-state index contributed by atoms with van der Waals surface area (Å²) in [6, 6.07) is 24.8. The summed E-state index contributed by atoms with van der Waals surface area (Å²) in [6.07, 6.45) is 0.535. The first kappa shape index (κ1) is 16.8. The fourth-order valence-corrected chi connectivity index (χ4v) is 3.98. The molecule has 26 heavy (non-hydrogen) atoms. The van der Waals surface area contributed by atoms with Crippen molar-refractivity contribution >= 4 is 10.8 Å². The second-order valence-corrected chi connectivity index (χ2v) is 7.07. The van der Waals surface area contributed by atoms with Crippen LogP contribution in [0, 0.1) is 11.3 Å². The lowest BCUT2D eigenvalue weighted by molar-refractivity contribution is 0.0477. The number of piperidine rings is 1. The summed E-state index contributed by atoms with van der Waals surface area (Å²) < 4.78 is 0. The fraction of sp³-hybridized carbons (Fsp3) is 0.261. The SMILES string of the molecule is N#Cc1ccccc1CN1CC[C@H](c2ccc3ccccc3c2)[C@@H](O)C1. The van der Waals surface area contributed by atoms with Crippen molar-refractivity contribution in [3.63, 3.8) is 0 Å². The molecule has 0 bridgehead atoms. The quantitative estimate of drug-likeness (QED) is 0.781. The van der Waals surface area contributed by atoms with E-state index in [1.807, 2.05) is 24.3 Å². The van der Waals surface area contributed by atoms with Gasteiger partial charge in [0.05, 0.1) is 17.7 Å². The Morgan fingerprint density at radius 3 is 2.58 bits per heavy atom. The van der Waals surface area contributed by atoms with Crippen molar-refractivity contribution in [2.75, 3.05) is 13.1 Å². The Balaban J connectivity index is 1.48. The maximum atomic E-state index is 10.8. The number of likely N-dealkylation sites (tertiary alicyclic amines) is 1. The fourth-order valence-electron chi connectivity index (χ4n) is 3.98. The van der Waals surface area contributed by atoms with Crippen molar-refractivity contribution < 1.29 is 5.11 Å². The molecule has 1 fully saturated rings. The smallest absolute Gasteiger partial charge is 0.0995 e. The lowest BCUT2D eigenvalue weighted by atomic mass is 9.86. The van der Waals surface area contributed by atoms with Crippen molar-refractivity contribution in [3.05, 3.63) is 83.4 Å². The molecular weight excluding hydrogens is 320 g/mol. The Hall–Kier alpha value is -2.67. The normalized spacial score (nSPS) is 20.8. The van der Waals surface area contributed by atoms with E-state index in [9.17, 15) is 10.4 Å². The Kier molecular flexibility index (Phi) is 4.71. The van der Waals surface area contributed by atoms with E-state index in [1.165, 1.54) is 16.3 Å². The molecule has 4 rings (SSSR count). The van der Waals surface area contributed by atoms with Crippen LogP contribution in [0.4, 0.5) is 0 Å². The number of benzene rings is 3. The molecule has 0 saturated carbocycles. The number of hydrogen-bond donors (Lipinski definition) is 1. The summed E-state index contributed by atoms with van der Waals surface area (Å²) in [5.41, 5.74) is 2.97. The van der Waals surface area contributed by atoms with Crippen LogP contribution in [0.15, 0.2) is 66.7 Å². The summed E-state index contributed by atoms with van der Waals surface area (Å²) in [4.78, 5) is 2.25. The van der Waals surface area contributed by atoms with Crippen molar-refractivity contribution in [2.45, 2.75) is 25.0 Å². The minimum atomic E-state index is -0.390. The van der Waals surface area contributed by atoms with Crippen LogP contribution in [-0.2, 0) is 6.54 Å². The summed E-state index contributed by atoms with van der Waals surface area (Å²) >= 11 is 0. The van der Waals surface area contributed by atoms with Gasteiger partial charge in [0, 0.05) is 19.0 Å². The summed E-state index contributed by atoms with van der Waals surface area (Å²) in [6.45, 7) is 2.27. The van der Waals surface area contributed by atoms with Crippen LogP contribution in [0.25, 0.3) is 10.8 Å².